The quantitative estimate of drug-likeness (QED) is 0.402. The first-order chi connectivity index (χ1) is 4.72. The molecule has 1 aliphatic heterocycles. The van der Waals surface area contributed by atoms with Crippen LogP contribution in [0.5, 0.6) is 0 Å². The molecule has 0 aliphatic carbocycles. The largest absolute Gasteiger partial charge is 0.475 e. The Morgan fingerprint density at radius 1 is 1.20 bits per heavy atom. The maximum absolute atomic E-state index is 10.7. The topological polar surface area (TPSA) is 54.4 Å². The van der Waals surface area contributed by atoms with E-state index in [9.17, 15) is 9.59 Å². The van der Waals surface area contributed by atoms with E-state index in [0.717, 1.165) is 0 Å². The fourth-order valence-corrected chi connectivity index (χ4v) is 1.74. The molecule has 3 nitrogen and oxygen atoms in total. The van der Waals surface area contributed by atoms with Crippen molar-refractivity contribution in [2.45, 2.75) is 0 Å². The Balaban J connectivity index is 2.67. The number of hydrogen-bond acceptors (Lipinski definition) is 2. The van der Waals surface area contributed by atoms with Crippen LogP contribution in [0.25, 0.3) is 0 Å². The van der Waals surface area contributed by atoms with Crippen LogP contribution in [0.4, 0.5) is 0 Å². The number of carbonyl (C=O) groups is 2. The van der Waals surface area contributed by atoms with Gasteiger partial charge >= 0.3 is 5.97 Å². The van der Waals surface area contributed by atoms with Gasteiger partial charge in [-0.15, -0.1) is 10.9 Å². The molecule has 1 heterocycles. The summed E-state index contributed by atoms with van der Waals surface area (Å²) >= 11 is 0. The molecule has 0 amide bonds. The average Bonchev–Trinajstić information content (AvgIpc) is 2.36. The highest BCUT2D eigenvalue weighted by Gasteiger charge is 2.17. The zero-order chi connectivity index (χ0) is 7.56. The third-order valence-corrected chi connectivity index (χ3v) is 2.67. The van der Waals surface area contributed by atoms with Crippen LogP contribution >= 0.6 is 10.9 Å². The van der Waals surface area contributed by atoms with E-state index in [1.807, 2.05) is 0 Å². The van der Waals surface area contributed by atoms with Crippen molar-refractivity contribution in [2.75, 3.05) is 0 Å². The average molecular weight is 158 g/mol. The summed E-state index contributed by atoms with van der Waals surface area (Å²) in [4.78, 5) is 20.8. The van der Waals surface area contributed by atoms with Crippen molar-refractivity contribution >= 4 is 22.0 Å². The molecule has 0 aromatic carbocycles. The second kappa shape index (κ2) is 2.70. The van der Waals surface area contributed by atoms with E-state index in [2.05, 4.69) is 0 Å². The molecule has 0 aromatic heterocycles. The molecule has 0 saturated heterocycles. The summed E-state index contributed by atoms with van der Waals surface area (Å²) in [7, 11) is -1.15. The third kappa shape index (κ3) is 1.27. The second-order valence-electron chi connectivity index (χ2n) is 1.70. The highest BCUT2D eigenvalue weighted by Crippen LogP contribution is 2.33. The lowest BCUT2D eigenvalue weighted by Gasteiger charge is -2.01. The fourth-order valence-electron chi connectivity index (χ4n) is 0.580. The second-order valence-corrected chi connectivity index (χ2v) is 3.52. The molecular formula is C6H6O3S. The Morgan fingerprint density at radius 3 is 2.10 bits per heavy atom. The van der Waals surface area contributed by atoms with Crippen LogP contribution in [-0.2, 0) is 9.59 Å². The minimum absolute atomic E-state index is 0.708. The van der Waals surface area contributed by atoms with Crippen LogP contribution in [0.15, 0.2) is 23.0 Å². The third-order valence-electron chi connectivity index (χ3n) is 1.02. The molecule has 10 heavy (non-hydrogen) atoms. The fraction of sp³-hybridized carbons (Fsp3) is 0. The van der Waals surface area contributed by atoms with Gasteiger partial charge in [0, 0.05) is 0 Å². The Bertz CT molecular complexity index is 217. The first-order valence-electron chi connectivity index (χ1n) is 2.62. The first-order valence-corrected chi connectivity index (χ1v) is 4.10. The van der Waals surface area contributed by atoms with Crippen molar-refractivity contribution in [3.63, 3.8) is 0 Å². The van der Waals surface area contributed by atoms with E-state index >= 15 is 0 Å². The van der Waals surface area contributed by atoms with Gasteiger partial charge in [-0.1, -0.05) is 12.2 Å². The molecule has 0 bridgehead atoms. The van der Waals surface area contributed by atoms with Gasteiger partial charge in [0.05, 0.1) is 0 Å². The number of allylic oxidation sites excluding steroid dienone is 2. The summed E-state index contributed by atoms with van der Waals surface area (Å²) in [5.74, 6) is -1.35. The van der Waals surface area contributed by atoms with E-state index in [0.29, 0.717) is 0 Å². The van der Waals surface area contributed by atoms with Gasteiger partial charge in [0.2, 0.25) is 0 Å². The van der Waals surface area contributed by atoms with Crippen LogP contribution in [0.3, 0.4) is 0 Å². The normalized spacial score (nSPS) is 17.8. The predicted molar refractivity (Wildman–Crippen MR) is 39.9 cm³/mol. The summed E-state index contributed by atoms with van der Waals surface area (Å²) in [6.45, 7) is 0. The molecule has 0 unspecified atom stereocenters. The van der Waals surface area contributed by atoms with Crippen molar-refractivity contribution in [3.05, 3.63) is 23.0 Å². The molecule has 0 fully saturated rings. The Morgan fingerprint density at radius 2 is 1.70 bits per heavy atom. The molecule has 0 radical (unpaired) electrons. The number of thiol groups is 1. The van der Waals surface area contributed by atoms with Gasteiger partial charge < -0.3 is 5.11 Å². The first kappa shape index (κ1) is 7.08. The summed E-state index contributed by atoms with van der Waals surface area (Å²) in [5.41, 5.74) is 0. The van der Waals surface area contributed by atoms with Gasteiger partial charge in [0.25, 0.3) is 5.12 Å². The van der Waals surface area contributed by atoms with Crippen molar-refractivity contribution in [3.8, 4) is 0 Å². The van der Waals surface area contributed by atoms with Crippen LogP contribution in [-0.4, -0.2) is 16.2 Å². The molecule has 54 valence electrons. The molecule has 1 aliphatic rings. The van der Waals surface area contributed by atoms with Crippen molar-refractivity contribution in [1.29, 1.82) is 0 Å². The summed E-state index contributed by atoms with van der Waals surface area (Å²) in [6, 6.07) is 0. The monoisotopic (exact) mass is 158 g/mol. The molecule has 0 saturated carbocycles. The molecular weight excluding hydrogens is 152 g/mol. The molecule has 0 aromatic rings. The standard InChI is InChI=1S/C6H6O3S/c7-5(8)6(9)10-3-1-2-4-10/h1-4,10H,(H,7,8). The SMILES string of the molecule is O=C(O)C(=O)[SH]1C=CC=C1. The van der Waals surface area contributed by atoms with Crippen LogP contribution in [0, 0.1) is 0 Å². The zero-order valence-electron chi connectivity index (χ0n) is 5.02. The van der Waals surface area contributed by atoms with Gasteiger partial charge in [-0.2, -0.15) is 0 Å². The summed E-state index contributed by atoms with van der Waals surface area (Å²) < 4.78 is 0. The van der Waals surface area contributed by atoms with Crippen molar-refractivity contribution < 1.29 is 14.7 Å². The maximum Gasteiger partial charge on any atom is 0.382 e. The lowest BCUT2D eigenvalue weighted by Crippen LogP contribution is -2.09. The Hall–Kier alpha value is -1.03. The highest BCUT2D eigenvalue weighted by atomic mass is 32.2. The minimum atomic E-state index is -1.35. The molecule has 4 heteroatoms. The van der Waals surface area contributed by atoms with E-state index < -0.39 is 22.0 Å². The number of carboxylic acid groups (broad SMARTS) is 1. The van der Waals surface area contributed by atoms with Gasteiger partial charge in [0.15, 0.2) is 0 Å². The summed E-state index contributed by atoms with van der Waals surface area (Å²) in [6.07, 6.45) is 3.37. The van der Waals surface area contributed by atoms with Crippen LogP contribution in [0.1, 0.15) is 0 Å². The number of hydrogen-bond donors (Lipinski definition) is 2. The summed E-state index contributed by atoms with van der Waals surface area (Å²) in [5, 5.41) is 10.8. The maximum atomic E-state index is 10.7. The molecule has 1 rings (SSSR count). The van der Waals surface area contributed by atoms with Gasteiger partial charge in [-0.05, 0) is 10.8 Å². The lowest BCUT2D eigenvalue weighted by molar-refractivity contribution is -0.144. The number of aliphatic carboxylic acids is 1. The number of rotatable bonds is 0. The van der Waals surface area contributed by atoms with E-state index in [-0.39, 0.29) is 0 Å². The van der Waals surface area contributed by atoms with E-state index in [1.54, 1.807) is 23.0 Å². The van der Waals surface area contributed by atoms with E-state index in [1.165, 1.54) is 0 Å². The van der Waals surface area contributed by atoms with Crippen LogP contribution < -0.4 is 0 Å². The van der Waals surface area contributed by atoms with Crippen molar-refractivity contribution in [1.82, 2.24) is 0 Å². The van der Waals surface area contributed by atoms with Gasteiger partial charge in [0.1, 0.15) is 0 Å². The smallest absolute Gasteiger partial charge is 0.382 e. The van der Waals surface area contributed by atoms with Gasteiger partial charge in [-0.3, -0.25) is 4.79 Å². The lowest BCUT2D eigenvalue weighted by atomic mass is 10.6. The van der Waals surface area contributed by atoms with Gasteiger partial charge in [-0.25, -0.2) is 4.79 Å². The minimum Gasteiger partial charge on any atom is -0.475 e. The highest BCUT2D eigenvalue weighted by molar-refractivity contribution is 8.35. The number of carbonyl (C=O) groups excluding carboxylic acids is 1. The molecule has 1 N–H and O–H groups in total. The predicted octanol–water partition coefficient (Wildman–Crippen LogP) is 0.640. The van der Waals surface area contributed by atoms with Crippen molar-refractivity contribution in [2.24, 2.45) is 0 Å². The number of carboxylic acids is 1. The molecule has 0 spiro atoms. The Labute approximate surface area is 60.4 Å². The Kier molecular flexibility index (Phi) is 1.91. The zero-order valence-corrected chi connectivity index (χ0v) is 5.91. The van der Waals surface area contributed by atoms with E-state index in [4.69, 9.17) is 5.11 Å². The van der Waals surface area contributed by atoms with Crippen LogP contribution in [0.2, 0.25) is 0 Å². The molecule has 0 atom stereocenters.